The molecule has 5 rings (SSSR count). The molecule has 1 aromatic carbocycles. The van der Waals surface area contributed by atoms with Gasteiger partial charge in [0.05, 0.1) is 18.9 Å². The first-order valence-corrected chi connectivity index (χ1v) is 9.33. The maximum atomic E-state index is 14.4. The molecule has 27 heavy (non-hydrogen) atoms. The third-order valence-corrected chi connectivity index (χ3v) is 5.85. The van der Waals surface area contributed by atoms with E-state index in [2.05, 4.69) is 10.4 Å². The van der Waals surface area contributed by atoms with Gasteiger partial charge in [-0.3, -0.25) is 5.32 Å². The van der Waals surface area contributed by atoms with E-state index in [0.29, 0.717) is 44.0 Å². The molecule has 2 amide bonds. The Hall–Kier alpha value is -2.48. The number of benzene rings is 1. The van der Waals surface area contributed by atoms with Crippen molar-refractivity contribution < 1.29 is 18.3 Å². The maximum absolute atomic E-state index is 14.4. The summed E-state index contributed by atoms with van der Waals surface area (Å²) in [7, 11) is 0. The van der Waals surface area contributed by atoms with Crippen LogP contribution in [0.3, 0.4) is 0 Å². The fourth-order valence-electron chi connectivity index (χ4n) is 4.61. The number of nitrogens with zero attached hydrogens (tertiary/aromatic N) is 3. The molecule has 2 bridgehead atoms. The van der Waals surface area contributed by atoms with Crippen molar-refractivity contribution in [3.8, 4) is 5.69 Å². The van der Waals surface area contributed by atoms with Crippen molar-refractivity contribution in [2.24, 2.45) is 0 Å². The molecule has 1 saturated carbocycles. The van der Waals surface area contributed by atoms with Crippen molar-refractivity contribution in [2.75, 3.05) is 31.6 Å². The smallest absolute Gasteiger partial charge is 0.323 e. The van der Waals surface area contributed by atoms with Crippen molar-refractivity contribution in [1.29, 1.82) is 0 Å². The van der Waals surface area contributed by atoms with Crippen molar-refractivity contribution in [3.05, 3.63) is 41.1 Å². The van der Waals surface area contributed by atoms with Gasteiger partial charge in [0.15, 0.2) is 11.6 Å². The number of aromatic nitrogens is 2. The molecule has 1 aliphatic heterocycles. The van der Waals surface area contributed by atoms with Gasteiger partial charge in [0.25, 0.3) is 0 Å². The fraction of sp³-hybridized carbons (Fsp3) is 0.474. The van der Waals surface area contributed by atoms with Crippen molar-refractivity contribution in [3.63, 3.8) is 0 Å². The number of hydrogen-bond donors (Lipinski definition) is 1. The highest BCUT2D eigenvalue weighted by molar-refractivity contribution is 5.89. The van der Waals surface area contributed by atoms with Gasteiger partial charge in [-0.2, -0.15) is 0 Å². The molecule has 2 unspecified atom stereocenters. The maximum Gasteiger partial charge on any atom is 0.323 e. The van der Waals surface area contributed by atoms with Crippen LogP contribution in [0.1, 0.15) is 42.4 Å². The first kappa shape index (κ1) is 16.7. The number of nitrogens with one attached hydrogen (secondary N) is 1. The quantitative estimate of drug-likeness (QED) is 0.877. The molecule has 1 N–H and O–H groups in total. The average molecular weight is 374 g/mol. The van der Waals surface area contributed by atoms with Gasteiger partial charge in [-0.05, 0) is 37.3 Å². The second-order valence-corrected chi connectivity index (χ2v) is 7.39. The van der Waals surface area contributed by atoms with Crippen LogP contribution in [-0.4, -0.2) is 47.0 Å². The molecule has 2 fully saturated rings. The topological polar surface area (TPSA) is 59.4 Å². The van der Waals surface area contributed by atoms with Gasteiger partial charge in [-0.1, -0.05) is 0 Å². The Labute approximate surface area is 155 Å². The number of anilines is 1. The minimum Gasteiger partial charge on any atom is -0.378 e. The summed E-state index contributed by atoms with van der Waals surface area (Å²) in [4.78, 5) is 14.3. The predicted octanol–water partition coefficient (Wildman–Crippen LogP) is 3.38. The molecule has 3 aliphatic rings. The zero-order valence-corrected chi connectivity index (χ0v) is 14.8. The summed E-state index contributed by atoms with van der Waals surface area (Å²) in [6, 6.07) is 3.28. The number of rotatable bonds is 2. The van der Waals surface area contributed by atoms with Crippen LogP contribution in [0.2, 0.25) is 0 Å². The summed E-state index contributed by atoms with van der Waals surface area (Å²) in [5, 5.41) is 7.45. The Bertz CT molecular complexity index is 907. The van der Waals surface area contributed by atoms with Crippen LogP contribution >= 0.6 is 0 Å². The highest BCUT2D eigenvalue weighted by Crippen LogP contribution is 2.55. The molecule has 0 spiro atoms. The highest BCUT2D eigenvalue weighted by atomic mass is 19.1. The van der Waals surface area contributed by atoms with E-state index >= 15 is 0 Å². The van der Waals surface area contributed by atoms with Crippen LogP contribution in [0, 0.1) is 11.6 Å². The average Bonchev–Trinajstić information content (AvgIpc) is 3.36. The van der Waals surface area contributed by atoms with Gasteiger partial charge in [-0.25, -0.2) is 18.3 Å². The van der Waals surface area contributed by atoms with Crippen LogP contribution in [0.15, 0.2) is 18.2 Å². The van der Waals surface area contributed by atoms with E-state index in [9.17, 15) is 13.6 Å². The molecule has 6 nitrogen and oxygen atoms in total. The Balaban J connectivity index is 1.53. The van der Waals surface area contributed by atoms with Gasteiger partial charge in [-0.15, -0.1) is 5.10 Å². The summed E-state index contributed by atoms with van der Waals surface area (Å²) < 4.78 is 34.6. The molecule has 142 valence electrons. The molecule has 8 heteroatoms. The molecule has 2 aromatic rings. The van der Waals surface area contributed by atoms with Gasteiger partial charge < -0.3 is 9.64 Å². The zero-order chi connectivity index (χ0) is 18.5. The van der Waals surface area contributed by atoms with Crippen LogP contribution in [0.4, 0.5) is 19.4 Å². The van der Waals surface area contributed by atoms with Gasteiger partial charge in [0, 0.05) is 30.6 Å². The Morgan fingerprint density at radius 2 is 1.96 bits per heavy atom. The minimum atomic E-state index is -0.658. The molecular formula is C19H20F2N4O2. The zero-order valence-electron chi connectivity index (χ0n) is 14.8. The molecule has 2 atom stereocenters. The number of hydrogen-bond acceptors (Lipinski definition) is 3. The first-order valence-electron chi connectivity index (χ1n) is 9.33. The van der Waals surface area contributed by atoms with Crippen molar-refractivity contribution in [1.82, 2.24) is 14.7 Å². The van der Waals surface area contributed by atoms with Crippen LogP contribution in [-0.2, 0) is 4.74 Å². The summed E-state index contributed by atoms with van der Waals surface area (Å²) in [6.45, 7) is 2.11. The predicted molar refractivity (Wildman–Crippen MR) is 94.2 cm³/mol. The van der Waals surface area contributed by atoms with Gasteiger partial charge in [0.2, 0.25) is 0 Å². The van der Waals surface area contributed by atoms with E-state index in [4.69, 9.17) is 4.74 Å². The van der Waals surface area contributed by atoms with Gasteiger partial charge in [0.1, 0.15) is 11.5 Å². The number of halogens is 2. The van der Waals surface area contributed by atoms with Crippen LogP contribution in [0.25, 0.3) is 5.69 Å². The van der Waals surface area contributed by atoms with Crippen LogP contribution in [0.5, 0.6) is 0 Å². The standard InChI is InChI=1S/C19H20F2N4O2/c20-13-3-4-15(14(21)10-13)25-17-12-2-1-11(9-12)16(17)18(23-25)22-19(26)24-5-7-27-8-6-24/h3-4,10-12H,1-2,5-9H2,(H,22,23,26). The Morgan fingerprint density at radius 3 is 2.74 bits per heavy atom. The third-order valence-electron chi connectivity index (χ3n) is 5.85. The molecular weight excluding hydrogens is 354 g/mol. The molecule has 2 heterocycles. The number of fused-ring (bicyclic) bond motifs is 5. The second kappa shape index (κ2) is 6.30. The SMILES string of the molecule is O=C(Nc1nn(-c2ccc(F)cc2F)c2c1C1CCC2C1)N1CCOCC1. The highest BCUT2D eigenvalue weighted by Gasteiger charge is 2.43. The first-order chi connectivity index (χ1) is 13.1. The second-order valence-electron chi connectivity index (χ2n) is 7.39. The molecule has 0 radical (unpaired) electrons. The van der Waals surface area contributed by atoms with Crippen molar-refractivity contribution in [2.45, 2.75) is 31.1 Å². The normalized spacial score (nSPS) is 23.6. The number of urea groups is 1. The molecule has 1 aromatic heterocycles. The molecule has 1 saturated heterocycles. The number of carbonyl (C=O) groups is 1. The summed E-state index contributed by atoms with van der Waals surface area (Å²) in [5.74, 6) is -0.146. The summed E-state index contributed by atoms with van der Waals surface area (Å²) >= 11 is 0. The summed E-state index contributed by atoms with van der Waals surface area (Å²) in [6.07, 6.45) is 3.08. The number of morpholine rings is 1. The molecule has 2 aliphatic carbocycles. The lowest BCUT2D eigenvalue weighted by Gasteiger charge is -2.26. The lowest BCUT2D eigenvalue weighted by molar-refractivity contribution is 0.0564. The Morgan fingerprint density at radius 1 is 1.19 bits per heavy atom. The van der Waals surface area contributed by atoms with E-state index in [1.54, 1.807) is 9.58 Å². The number of carbonyl (C=O) groups excluding carboxylic acids is 1. The van der Waals surface area contributed by atoms with E-state index in [-0.39, 0.29) is 11.7 Å². The van der Waals surface area contributed by atoms with Crippen LogP contribution < -0.4 is 5.32 Å². The largest absolute Gasteiger partial charge is 0.378 e. The third kappa shape index (κ3) is 2.70. The van der Waals surface area contributed by atoms with Crippen molar-refractivity contribution >= 4 is 11.8 Å². The summed E-state index contributed by atoms with van der Waals surface area (Å²) in [5.41, 5.74) is 2.18. The van der Waals surface area contributed by atoms with E-state index in [0.717, 1.165) is 36.6 Å². The Kier molecular flexibility index (Phi) is 3.89. The lowest BCUT2D eigenvalue weighted by Crippen LogP contribution is -2.43. The van der Waals surface area contributed by atoms with E-state index in [1.165, 1.54) is 12.1 Å². The van der Waals surface area contributed by atoms with Gasteiger partial charge >= 0.3 is 6.03 Å². The fourth-order valence-corrected chi connectivity index (χ4v) is 4.61. The van der Waals surface area contributed by atoms with E-state index in [1.807, 2.05) is 0 Å². The van der Waals surface area contributed by atoms with E-state index < -0.39 is 11.6 Å². The monoisotopic (exact) mass is 374 g/mol. The number of amides is 2. The minimum absolute atomic E-state index is 0.215. The number of ether oxygens (including phenoxy) is 1. The lowest BCUT2D eigenvalue weighted by atomic mass is 9.97.